The zero-order valence-corrected chi connectivity index (χ0v) is 28.6. The summed E-state index contributed by atoms with van der Waals surface area (Å²) in [4.78, 5) is 61.5. The number of nitrogens with two attached hydrogens (primary N) is 1. The van der Waals surface area contributed by atoms with Crippen LogP contribution in [0.2, 0.25) is 0 Å². The molecule has 4 aromatic rings. The standard InChI is InChI=1S/C29H23N7O11S4/c30-28-31-13(9-49-28)18(35-47-21(27(45)46)10-1-3-14(37)16(39)5-10)22(41)32-19-24(42)36-20(26(43)44)12(7-48-25(19)36)8-50-29-34-33-23(51-29)11-2-4-15(38)17(40)6-11/h1-6,9,19,21,25,37-40H,7-8H2,(H2,30,31)(H,32,41)(H,43,44)(H,45,46)/t19-,21?,25+/m1/s1. The molecule has 2 aliphatic rings. The topological polar surface area (TPSA) is 291 Å². The molecule has 6 rings (SSSR count). The van der Waals surface area contributed by atoms with E-state index in [2.05, 4.69) is 25.7 Å². The Hall–Kier alpha value is -5.58. The molecule has 18 nitrogen and oxygen atoms in total. The summed E-state index contributed by atoms with van der Waals surface area (Å²) in [6.07, 6.45) is -1.84. The second-order valence-electron chi connectivity index (χ2n) is 10.6. The van der Waals surface area contributed by atoms with Gasteiger partial charge in [-0.1, -0.05) is 34.3 Å². The van der Waals surface area contributed by atoms with Gasteiger partial charge in [0.25, 0.3) is 11.8 Å². The van der Waals surface area contributed by atoms with Crippen molar-refractivity contribution < 1.29 is 54.7 Å². The highest BCUT2D eigenvalue weighted by atomic mass is 32.2. The van der Waals surface area contributed by atoms with Crippen LogP contribution in [0.1, 0.15) is 17.4 Å². The first-order valence-electron chi connectivity index (χ1n) is 14.2. The molecule has 9 N–H and O–H groups in total. The van der Waals surface area contributed by atoms with E-state index in [-0.39, 0.29) is 45.1 Å². The van der Waals surface area contributed by atoms with Gasteiger partial charge < -0.3 is 46.5 Å². The first-order chi connectivity index (χ1) is 24.3. The first-order valence-corrected chi connectivity index (χ1v) is 17.9. The summed E-state index contributed by atoms with van der Waals surface area (Å²) in [6, 6.07) is 6.18. The average molecular weight is 774 g/mol. The van der Waals surface area contributed by atoms with Crippen molar-refractivity contribution in [3.8, 4) is 33.6 Å². The molecule has 22 heteroatoms. The number of hydrogen-bond acceptors (Lipinski definition) is 18. The first kappa shape index (κ1) is 35.3. The minimum Gasteiger partial charge on any atom is -0.504 e. The number of phenols is 4. The van der Waals surface area contributed by atoms with E-state index >= 15 is 0 Å². The van der Waals surface area contributed by atoms with Crippen LogP contribution in [0.25, 0.3) is 10.6 Å². The molecular weight excluding hydrogens is 751 g/mol. The lowest BCUT2D eigenvalue weighted by Gasteiger charge is -2.49. The number of thioether (sulfide) groups is 2. The van der Waals surface area contributed by atoms with Gasteiger partial charge in [0.1, 0.15) is 27.8 Å². The molecule has 1 fully saturated rings. The van der Waals surface area contributed by atoms with Crippen LogP contribution in [0, 0.1) is 0 Å². The number of benzene rings is 2. The van der Waals surface area contributed by atoms with Gasteiger partial charge in [-0.2, -0.15) is 0 Å². The molecule has 51 heavy (non-hydrogen) atoms. The number of aliphatic carboxylic acids is 2. The van der Waals surface area contributed by atoms with Crippen LogP contribution in [0.4, 0.5) is 5.13 Å². The molecule has 0 bridgehead atoms. The van der Waals surface area contributed by atoms with Crippen LogP contribution >= 0.6 is 46.2 Å². The fourth-order valence-corrected chi connectivity index (χ4v) is 8.73. The van der Waals surface area contributed by atoms with Crippen molar-refractivity contribution in [2.24, 2.45) is 5.16 Å². The highest BCUT2D eigenvalue weighted by Gasteiger charge is 2.54. The van der Waals surface area contributed by atoms with Gasteiger partial charge in [-0.25, -0.2) is 14.6 Å². The minimum absolute atomic E-state index is 0.0449. The number of β-lactam (4-membered cyclic amide) rings is 1. The van der Waals surface area contributed by atoms with Gasteiger partial charge >= 0.3 is 11.9 Å². The van der Waals surface area contributed by atoms with Gasteiger partial charge in [0.2, 0.25) is 6.10 Å². The largest absolute Gasteiger partial charge is 0.504 e. The van der Waals surface area contributed by atoms with E-state index < -0.39 is 58.5 Å². The third kappa shape index (κ3) is 7.19. The van der Waals surface area contributed by atoms with E-state index in [1.54, 1.807) is 6.07 Å². The molecule has 2 aromatic carbocycles. The fourth-order valence-electron chi connectivity index (χ4n) is 4.85. The van der Waals surface area contributed by atoms with Crippen molar-refractivity contribution in [2.45, 2.75) is 21.9 Å². The summed E-state index contributed by atoms with van der Waals surface area (Å²) in [5.41, 5.74) is 5.70. The van der Waals surface area contributed by atoms with Crippen molar-refractivity contribution in [3.63, 3.8) is 0 Å². The maximum atomic E-state index is 13.5. The molecular formula is C29H23N7O11S4. The smallest absolute Gasteiger partial charge is 0.352 e. The number of thiazole rings is 1. The molecule has 0 aliphatic carbocycles. The number of fused-ring (bicyclic) bond motifs is 1. The number of hydrogen-bond donors (Lipinski definition) is 8. The summed E-state index contributed by atoms with van der Waals surface area (Å²) in [5.74, 6) is -5.98. The van der Waals surface area contributed by atoms with Gasteiger partial charge in [0, 0.05) is 28.0 Å². The van der Waals surface area contributed by atoms with E-state index in [9.17, 15) is 49.8 Å². The number of nitrogen functional groups attached to an aromatic ring is 1. The van der Waals surface area contributed by atoms with Crippen LogP contribution in [0.5, 0.6) is 23.0 Å². The number of phenolic OH excluding ortho intramolecular Hbond substituents is 4. The SMILES string of the molecule is Nc1nc(C(=NOC(C(=O)O)c2ccc(O)c(O)c2)C(=O)N[C@@H]2C(=O)N3C(C(=O)O)=C(CSc4nnc(-c5ccc(O)c(O)c5)s4)CS[C@@H]23)cs1. The van der Waals surface area contributed by atoms with Gasteiger partial charge in [0.15, 0.2) is 38.2 Å². The number of amides is 2. The van der Waals surface area contributed by atoms with Crippen molar-refractivity contribution in [2.75, 3.05) is 17.2 Å². The van der Waals surface area contributed by atoms with E-state index in [0.717, 1.165) is 28.4 Å². The number of aromatic nitrogens is 3. The lowest BCUT2D eigenvalue weighted by Crippen LogP contribution is -2.71. The zero-order valence-electron chi connectivity index (χ0n) is 25.4. The Morgan fingerprint density at radius 2 is 1.78 bits per heavy atom. The van der Waals surface area contributed by atoms with E-state index in [4.69, 9.17) is 10.6 Å². The maximum absolute atomic E-state index is 13.5. The Morgan fingerprint density at radius 1 is 1.06 bits per heavy atom. The third-order valence-corrected chi connectivity index (χ3v) is 11.5. The Bertz CT molecular complexity index is 2140. The zero-order chi connectivity index (χ0) is 36.6. The Kier molecular flexibility index (Phi) is 9.91. The van der Waals surface area contributed by atoms with Gasteiger partial charge in [-0.3, -0.25) is 14.5 Å². The van der Waals surface area contributed by atoms with Crippen LogP contribution in [0.15, 0.2) is 62.5 Å². The van der Waals surface area contributed by atoms with Crippen LogP contribution in [-0.2, 0) is 24.0 Å². The summed E-state index contributed by atoms with van der Waals surface area (Å²) >= 11 is 4.55. The number of nitrogens with one attached hydrogen (secondary N) is 1. The molecule has 3 atom stereocenters. The number of nitrogens with zero attached hydrogens (tertiary/aromatic N) is 5. The molecule has 264 valence electrons. The van der Waals surface area contributed by atoms with Crippen LogP contribution < -0.4 is 11.1 Å². The quantitative estimate of drug-likeness (QED) is 0.0336. The number of carbonyl (C=O) groups is 4. The van der Waals surface area contributed by atoms with Gasteiger partial charge in [-0.15, -0.1) is 33.3 Å². The fraction of sp³-hybridized carbons (Fsp3) is 0.172. The Balaban J connectivity index is 1.17. The molecule has 2 aliphatic heterocycles. The maximum Gasteiger partial charge on any atom is 0.352 e. The average Bonchev–Trinajstić information content (AvgIpc) is 3.75. The molecule has 1 unspecified atom stereocenters. The lowest BCUT2D eigenvalue weighted by atomic mass is 10.0. The van der Waals surface area contributed by atoms with Crippen molar-refractivity contribution >= 4 is 80.8 Å². The number of carboxylic acids is 2. The molecule has 2 amide bonds. The minimum atomic E-state index is -1.84. The van der Waals surface area contributed by atoms with Crippen molar-refractivity contribution in [1.82, 2.24) is 25.4 Å². The lowest BCUT2D eigenvalue weighted by molar-refractivity contribution is -0.151. The highest BCUT2D eigenvalue weighted by molar-refractivity contribution is 8.01. The molecule has 2 aromatic heterocycles. The number of rotatable bonds is 12. The number of carboxylic acid groups (broad SMARTS) is 2. The number of anilines is 1. The number of oxime groups is 1. The summed E-state index contributed by atoms with van der Waals surface area (Å²) in [7, 11) is 0. The van der Waals surface area contributed by atoms with Gasteiger partial charge in [-0.05, 0) is 35.9 Å². The van der Waals surface area contributed by atoms with E-state index in [1.807, 2.05) is 0 Å². The van der Waals surface area contributed by atoms with E-state index in [0.29, 0.717) is 20.5 Å². The van der Waals surface area contributed by atoms with Crippen LogP contribution in [0.3, 0.4) is 0 Å². The highest BCUT2D eigenvalue weighted by Crippen LogP contribution is 2.42. The summed E-state index contributed by atoms with van der Waals surface area (Å²) < 4.78 is 0.492. The normalized spacial score (nSPS) is 17.8. The third-order valence-electron chi connectivity index (χ3n) is 7.29. The van der Waals surface area contributed by atoms with E-state index in [1.165, 1.54) is 58.4 Å². The molecule has 4 heterocycles. The Morgan fingerprint density at radius 3 is 2.43 bits per heavy atom. The molecule has 1 saturated heterocycles. The number of carbonyl (C=O) groups excluding carboxylic acids is 2. The predicted octanol–water partition coefficient (Wildman–Crippen LogP) is 2.14. The molecule has 0 radical (unpaired) electrons. The monoisotopic (exact) mass is 773 g/mol. The van der Waals surface area contributed by atoms with Crippen molar-refractivity contribution in [1.29, 1.82) is 0 Å². The van der Waals surface area contributed by atoms with Gasteiger partial charge in [0.05, 0.1) is 0 Å². The molecule has 0 spiro atoms. The summed E-state index contributed by atoms with van der Waals surface area (Å²) in [6.45, 7) is 0. The van der Waals surface area contributed by atoms with Crippen LogP contribution in [-0.4, -0.2) is 103 Å². The Labute approximate surface area is 301 Å². The summed E-state index contributed by atoms with van der Waals surface area (Å²) in [5, 5.41) is 74.1. The number of aromatic hydroxyl groups is 4. The second kappa shape index (κ2) is 14.3. The second-order valence-corrected chi connectivity index (χ2v) is 14.8. The molecule has 0 saturated carbocycles. The predicted molar refractivity (Wildman–Crippen MR) is 183 cm³/mol. The van der Waals surface area contributed by atoms with Crippen molar-refractivity contribution in [3.05, 3.63) is 64.3 Å².